The van der Waals surface area contributed by atoms with Crippen LogP contribution in [0.5, 0.6) is 0 Å². The van der Waals surface area contributed by atoms with Gasteiger partial charge in [-0.1, -0.05) is 13.8 Å². The van der Waals surface area contributed by atoms with E-state index in [2.05, 4.69) is 13.8 Å². The maximum absolute atomic E-state index is 9.45. The summed E-state index contributed by atoms with van der Waals surface area (Å²) in [5.41, 5.74) is 0. The van der Waals surface area contributed by atoms with Crippen LogP contribution in [0.1, 0.15) is 13.8 Å². The quantitative estimate of drug-likeness (QED) is 0.623. The summed E-state index contributed by atoms with van der Waals surface area (Å²) in [6, 6.07) is 0. The minimum absolute atomic E-state index is 0.0580. The van der Waals surface area contributed by atoms with E-state index in [9.17, 15) is 5.11 Å². The zero-order valence-electron chi connectivity index (χ0n) is 7.56. The van der Waals surface area contributed by atoms with Gasteiger partial charge < -0.3 is 14.6 Å². The summed E-state index contributed by atoms with van der Waals surface area (Å²) in [5.74, 6) is 1.04. The van der Waals surface area contributed by atoms with Crippen molar-refractivity contribution in [3.05, 3.63) is 0 Å². The van der Waals surface area contributed by atoms with Gasteiger partial charge in [0.05, 0.1) is 19.3 Å². The van der Waals surface area contributed by atoms with Crippen molar-refractivity contribution in [1.29, 1.82) is 0 Å². The van der Waals surface area contributed by atoms with Crippen LogP contribution in [-0.4, -0.2) is 36.6 Å². The fourth-order valence-electron chi connectivity index (χ4n) is 2.08. The van der Waals surface area contributed by atoms with Crippen molar-refractivity contribution in [2.24, 2.45) is 11.8 Å². The smallest absolute Gasteiger partial charge is 0.112 e. The monoisotopic (exact) mass is 172 g/mol. The van der Waals surface area contributed by atoms with E-state index >= 15 is 0 Å². The molecule has 0 radical (unpaired) electrons. The highest BCUT2D eigenvalue weighted by atomic mass is 16.6. The molecule has 3 nitrogen and oxygen atoms in total. The van der Waals surface area contributed by atoms with Gasteiger partial charge in [-0.25, -0.2) is 0 Å². The van der Waals surface area contributed by atoms with Crippen LogP contribution in [0.3, 0.4) is 0 Å². The van der Waals surface area contributed by atoms with Crippen LogP contribution in [0.25, 0.3) is 0 Å². The summed E-state index contributed by atoms with van der Waals surface area (Å²) >= 11 is 0. The van der Waals surface area contributed by atoms with Crippen LogP contribution in [0, 0.1) is 11.8 Å². The Labute approximate surface area is 72.7 Å². The summed E-state index contributed by atoms with van der Waals surface area (Å²) < 4.78 is 11.0. The predicted molar refractivity (Wildman–Crippen MR) is 43.8 cm³/mol. The second kappa shape index (κ2) is 2.98. The summed E-state index contributed by atoms with van der Waals surface area (Å²) in [7, 11) is 0. The molecule has 0 aromatic heterocycles. The normalized spacial score (nSPS) is 47.0. The topological polar surface area (TPSA) is 38.7 Å². The highest BCUT2D eigenvalue weighted by Gasteiger charge is 2.47. The van der Waals surface area contributed by atoms with Crippen LogP contribution < -0.4 is 0 Å². The van der Waals surface area contributed by atoms with Crippen molar-refractivity contribution < 1.29 is 14.6 Å². The third-order valence-corrected chi connectivity index (χ3v) is 2.92. The lowest BCUT2D eigenvalue weighted by Crippen LogP contribution is -2.30. The first-order chi connectivity index (χ1) is 5.70. The highest BCUT2D eigenvalue weighted by Crippen LogP contribution is 2.34. The van der Waals surface area contributed by atoms with E-state index in [0.29, 0.717) is 18.4 Å². The molecule has 12 heavy (non-hydrogen) atoms. The maximum Gasteiger partial charge on any atom is 0.112 e. The van der Waals surface area contributed by atoms with Crippen molar-refractivity contribution in [1.82, 2.24) is 0 Å². The number of rotatable bonds is 1. The molecular formula is C9H16O3. The molecule has 0 aromatic rings. The average molecular weight is 172 g/mol. The lowest BCUT2D eigenvalue weighted by Gasteiger charge is -2.18. The first kappa shape index (κ1) is 8.48. The van der Waals surface area contributed by atoms with E-state index in [1.165, 1.54) is 0 Å². The molecule has 4 atom stereocenters. The van der Waals surface area contributed by atoms with Gasteiger partial charge in [0, 0.05) is 5.92 Å². The number of aliphatic hydroxyl groups excluding tert-OH is 1. The molecule has 2 heterocycles. The third kappa shape index (κ3) is 1.16. The number of aliphatic hydroxyl groups is 1. The molecule has 2 aliphatic heterocycles. The molecule has 2 aliphatic rings. The lowest BCUT2D eigenvalue weighted by atomic mass is 9.90. The molecule has 2 unspecified atom stereocenters. The standard InChI is InChI=1S/C9H16O3/c1-5(2)6-3-11-9-7(10)4-12-8(6)9/h5-10H,3-4H2,1-2H3/t6?,7?,8-,9-/m1/s1. The Morgan fingerprint density at radius 1 is 1.17 bits per heavy atom. The van der Waals surface area contributed by atoms with Gasteiger partial charge in [-0.3, -0.25) is 0 Å². The van der Waals surface area contributed by atoms with Gasteiger partial charge in [-0.15, -0.1) is 0 Å². The van der Waals surface area contributed by atoms with Crippen LogP contribution in [-0.2, 0) is 9.47 Å². The molecule has 2 fully saturated rings. The second-order valence-electron chi connectivity index (χ2n) is 4.07. The molecule has 0 spiro atoms. The van der Waals surface area contributed by atoms with E-state index in [0.717, 1.165) is 6.61 Å². The Kier molecular flexibility index (Phi) is 2.10. The van der Waals surface area contributed by atoms with Gasteiger partial charge in [0.25, 0.3) is 0 Å². The lowest BCUT2D eigenvalue weighted by molar-refractivity contribution is 0.0153. The largest absolute Gasteiger partial charge is 0.388 e. The average Bonchev–Trinajstić information content (AvgIpc) is 2.53. The molecule has 70 valence electrons. The van der Waals surface area contributed by atoms with Crippen molar-refractivity contribution >= 4 is 0 Å². The van der Waals surface area contributed by atoms with Gasteiger partial charge in [-0.2, -0.15) is 0 Å². The number of hydrogen-bond donors (Lipinski definition) is 1. The molecule has 0 aromatic carbocycles. The number of fused-ring (bicyclic) bond motifs is 1. The first-order valence-electron chi connectivity index (χ1n) is 4.61. The van der Waals surface area contributed by atoms with Gasteiger partial charge in [0.15, 0.2) is 0 Å². The maximum atomic E-state index is 9.45. The molecule has 0 amide bonds. The van der Waals surface area contributed by atoms with Crippen molar-refractivity contribution in [3.8, 4) is 0 Å². The van der Waals surface area contributed by atoms with Crippen LogP contribution in [0.4, 0.5) is 0 Å². The summed E-state index contributed by atoms with van der Waals surface area (Å²) in [6.07, 6.45) is -0.323. The highest BCUT2D eigenvalue weighted by molar-refractivity contribution is 4.94. The Morgan fingerprint density at radius 3 is 2.50 bits per heavy atom. The fraction of sp³-hybridized carbons (Fsp3) is 1.00. The van der Waals surface area contributed by atoms with Crippen molar-refractivity contribution in [2.75, 3.05) is 13.2 Å². The van der Waals surface area contributed by atoms with Crippen LogP contribution in [0.15, 0.2) is 0 Å². The molecular weight excluding hydrogens is 156 g/mol. The molecule has 0 saturated carbocycles. The van der Waals surface area contributed by atoms with Gasteiger partial charge in [0.1, 0.15) is 12.2 Å². The molecule has 2 rings (SSSR count). The molecule has 0 aliphatic carbocycles. The van der Waals surface area contributed by atoms with E-state index in [-0.39, 0.29) is 12.2 Å². The fourth-order valence-corrected chi connectivity index (χ4v) is 2.08. The Hall–Kier alpha value is -0.120. The first-order valence-corrected chi connectivity index (χ1v) is 4.61. The Morgan fingerprint density at radius 2 is 1.83 bits per heavy atom. The third-order valence-electron chi connectivity index (χ3n) is 2.92. The molecule has 2 saturated heterocycles. The predicted octanol–water partition coefficient (Wildman–Crippen LogP) is 0.417. The minimum Gasteiger partial charge on any atom is -0.388 e. The summed E-state index contributed by atoms with van der Waals surface area (Å²) in [4.78, 5) is 0. The minimum atomic E-state index is -0.404. The Bertz CT molecular complexity index is 169. The second-order valence-corrected chi connectivity index (χ2v) is 4.07. The SMILES string of the molecule is CC(C)C1CO[C@@H]2C(O)CO[C@H]12. The number of hydrogen-bond acceptors (Lipinski definition) is 3. The van der Waals surface area contributed by atoms with E-state index < -0.39 is 6.10 Å². The molecule has 0 bridgehead atoms. The van der Waals surface area contributed by atoms with Crippen LogP contribution in [0.2, 0.25) is 0 Å². The molecule has 3 heteroatoms. The van der Waals surface area contributed by atoms with Crippen molar-refractivity contribution in [2.45, 2.75) is 32.2 Å². The zero-order valence-corrected chi connectivity index (χ0v) is 7.56. The van der Waals surface area contributed by atoms with E-state index in [4.69, 9.17) is 9.47 Å². The van der Waals surface area contributed by atoms with Gasteiger partial charge in [-0.05, 0) is 5.92 Å². The van der Waals surface area contributed by atoms with E-state index in [1.807, 2.05) is 0 Å². The summed E-state index contributed by atoms with van der Waals surface area (Å²) in [6.45, 7) is 5.53. The van der Waals surface area contributed by atoms with Gasteiger partial charge in [0.2, 0.25) is 0 Å². The number of ether oxygens (including phenoxy) is 2. The molecule has 1 N–H and O–H groups in total. The van der Waals surface area contributed by atoms with Gasteiger partial charge >= 0.3 is 0 Å². The zero-order chi connectivity index (χ0) is 8.72. The van der Waals surface area contributed by atoms with E-state index in [1.54, 1.807) is 0 Å². The van der Waals surface area contributed by atoms with Crippen molar-refractivity contribution in [3.63, 3.8) is 0 Å². The summed E-state index contributed by atoms with van der Waals surface area (Å²) in [5, 5.41) is 9.45. The Balaban J connectivity index is 2.05. The van der Waals surface area contributed by atoms with Crippen LogP contribution >= 0.6 is 0 Å².